The summed E-state index contributed by atoms with van der Waals surface area (Å²) in [7, 11) is 1.66. The van der Waals surface area contributed by atoms with Gasteiger partial charge in [-0.1, -0.05) is 115 Å². The molecule has 5 aromatic carbocycles. The molecule has 0 radical (unpaired) electrons. The molecule has 0 saturated heterocycles. The molecule has 0 aliphatic carbocycles. The molecule has 0 atom stereocenters. The van der Waals surface area contributed by atoms with Crippen molar-refractivity contribution in [2.45, 2.75) is 18.8 Å². The van der Waals surface area contributed by atoms with E-state index in [9.17, 15) is 4.79 Å². The number of ether oxygens (including phenoxy) is 1. The van der Waals surface area contributed by atoms with Crippen molar-refractivity contribution in [1.29, 1.82) is 0 Å². The number of benzene rings is 5. The number of carbonyl (C=O) groups excluding carboxylic acids is 1. The van der Waals surface area contributed by atoms with Crippen LogP contribution in [0.3, 0.4) is 0 Å². The van der Waals surface area contributed by atoms with Crippen LogP contribution in [0.2, 0.25) is 0 Å². The molecule has 5 aromatic rings. The fourth-order valence-corrected chi connectivity index (χ4v) is 4.96. The number of aryl methyl sites for hydroxylation is 1. The van der Waals surface area contributed by atoms with Gasteiger partial charge in [0.25, 0.3) is 0 Å². The van der Waals surface area contributed by atoms with Crippen molar-refractivity contribution in [3.05, 3.63) is 144 Å². The molecule has 0 fully saturated rings. The summed E-state index contributed by atoms with van der Waals surface area (Å²) < 4.78 is 5.57. The third-order valence-corrected chi connectivity index (χ3v) is 6.86. The largest absolute Gasteiger partial charge is 0.496 e. The van der Waals surface area contributed by atoms with E-state index in [4.69, 9.17) is 4.74 Å². The standard InChI is InChI=1S/C33H29NO2/c1-24-17-19-25(20-18-24)23-33(26-11-5-3-6-12-26,27-13-7-4-8-14-27)32(35)34-30-21-22-31(36-2)29-16-10-9-15-28(29)30/h3-22H,23H2,1-2H3,(H,34,35). The quantitative estimate of drug-likeness (QED) is 0.270. The van der Waals surface area contributed by atoms with Crippen LogP contribution in [0.1, 0.15) is 22.3 Å². The van der Waals surface area contributed by atoms with Gasteiger partial charge in [-0.25, -0.2) is 0 Å². The van der Waals surface area contributed by atoms with Crippen LogP contribution in [0.25, 0.3) is 10.8 Å². The van der Waals surface area contributed by atoms with E-state index in [0.717, 1.165) is 38.9 Å². The van der Waals surface area contributed by atoms with Crippen LogP contribution in [0.15, 0.2) is 121 Å². The second-order valence-electron chi connectivity index (χ2n) is 9.11. The number of hydrogen-bond acceptors (Lipinski definition) is 2. The minimum Gasteiger partial charge on any atom is -0.496 e. The number of carbonyl (C=O) groups is 1. The SMILES string of the molecule is COc1ccc(NC(=O)C(Cc2ccc(C)cc2)(c2ccccc2)c2ccccc2)c2ccccc12. The summed E-state index contributed by atoms with van der Waals surface area (Å²) in [5, 5.41) is 5.21. The Kier molecular flexibility index (Phi) is 6.55. The van der Waals surface area contributed by atoms with E-state index in [0.29, 0.717) is 6.42 Å². The van der Waals surface area contributed by atoms with E-state index in [1.807, 2.05) is 97.1 Å². The van der Waals surface area contributed by atoms with Gasteiger partial charge in [-0.05, 0) is 42.2 Å². The number of amides is 1. The van der Waals surface area contributed by atoms with E-state index in [1.54, 1.807) is 7.11 Å². The van der Waals surface area contributed by atoms with Gasteiger partial charge in [-0.15, -0.1) is 0 Å². The molecule has 0 saturated carbocycles. The number of hydrogen-bond donors (Lipinski definition) is 1. The third-order valence-electron chi connectivity index (χ3n) is 6.86. The minimum absolute atomic E-state index is 0.0733. The Bertz CT molecular complexity index is 1440. The number of rotatable bonds is 7. The van der Waals surface area contributed by atoms with Gasteiger partial charge in [0.1, 0.15) is 11.2 Å². The molecule has 0 spiro atoms. The van der Waals surface area contributed by atoms with E-state index >= 15 is 0 Å². The van der Waals surface area contributed by atoms with Crippen LogP contribution in [-0.2, 0) is 16.6 Å². The molecular formula is C33H29NO2. The lowest BCUT2D eigenvalue weighted by Gasteiger charge is -2.34. The van der Waals surface area contributed by atoms with Gasteiger partial charge < -0.3 is 10.1 Å². The summed E-state index contributed by atoms with van der Waals surface area (Å²) in [4.78, 5) is 14.6. The fraction of sp³-hybridized carbons (Fsp3) is 0.121. The number of anilines is 1. The predicted molar refractivity (Wildman–Crippen MR) is 148 cm³/mol. The molecule has 5 rings (SSSR count). The summed E-state index contributed by atoms with van der Waals surface area (Å²) in [5.74, 6) is 0.705. The lowest BCUT2D eigenvalue weighted by Crippen LogP contribution is -2.43. The fourth-order valence-electron chi connectivity index (χ4n) is 4.96. The highest BCUT2D eigenvalue weighted by Gasteiger charge is 2.42. The minimum atomic E-state index is -0.932. The molecule has 0 heterocycles. The smallest absolute Gasteiger partial charge is 0.239 e. The first-order valence-corrected chi connectivity index (χ1v) is 12.2. The van der Waals surface area contributed by atoms with Crippen molar-refractivity contribution in [1.82, 2.24) is 0 Å². The molecule has 0 bridgehead atoms. The molecule has 36 heavy (non-hydrogen) atoms. The maximum Gasteiger partial charge on any atom is 0.239 e. The van der Waals surface area contributed by atoms with Crippen LogP contribution in [0.5, 0.6) is 5.75 Å². The van der Waals surface area contributed by atoms with Gasteiger partial charge in [0.05, 0.1) is 7.11 Å². The molecule has 0 aromatic heterocycles. The van der Waals surface area contributed by atoms with Gasteiger partial charge in [0, 0.05) is 16.5 Å². The van der Waals surface area contributed by atoms with Crippen LogP contribution in [0.4, 0.5) is 5.69 Å². The monoisotopic (exact) mass is 471 g/mol. The Hall–Kier alpha value is -4.37. The van der Waals surface area contributed by atoms with Crippen LogP contribution < -0.4 is 10.1 Å². The Labute approximate surface area is 212 Å². The summed E-state index contributed by atoms with van der Waals surface area (Å²) >= 11 is 0. The molecule has 1 N–H and O–H groups in total. The number of methoxy groups -OCH3 is 1. The Morgan fingerprint density at radius 1 is 0.694 bits per heavy atom. The maximum atomic E-state index is 14.6. The first-order chi connectivity index (χ1) is 17.6. The highest BCUT2D eigenvalue weighted by molar-refractivity contribution is 6.08. The van der Waals surface area contributed by atoms with Gasteiger partial charge in [-0.3, -0.25) is 4.79 Å². The summed E-state index contributed by atoms with van der Waals surface area (Å²) in [6.45, 7) is 2.08. The second kappa shape index (κ2) is 10.1. The van der Waals surface area contributed by atoms with Crippen molar-refractivity contribution in [2.75, 3.05) is 12.4 Å². The zero-order valence-electron chi connectivity index (χ0n) is 20.6. The van der Waals surface area contributed by atoms with E-state index < -0.39 is 5.41 Å². The van der Waals surface area contributed by atoms with Crippen LogP contribution in [0, 0.1) is 6.92 Å². The first-order valence-electron chi connectivity index (χ1n) is 12.2. The average molecular weight is 472 g/mol. The molecule has 0 aliphatic heterocycles. The van der Waals surface area contributed by atoms with Crippen molar-refractivity contribution in [3.8, 4) is 5.75 Å². The van der Waals surface area contributed by atoms with Crippen molar-refractivity contribution < 1.29 is 9.53 Å². The third kappa shape index (κ3) is 4.36. The molecule has 0 unspecified atom stereocenters. The van der Waals surface area contributed by atoms with Gasteiger partial charge in [-0.2, -0.15) is 0 Å². The van der Waals surface area contributed by atoms with Crippen molar-refractivity contribution in [2.24, 2.45) is 0 Å². The zero-order valence-corrected chi connectivity index (χ0v) is 20.6. The van der Waals surface area contributed by atoms with Gasteiger partial charge in [0.2, 0.25) is 5.91 Å². The topological polar surface area (TPSA) is 38.3 Å². The second-order valence-corrected chi connectivity index (χ2v) is 9.11. The average Bonchev–Trinajstić information content (AvgIpc) is 2.94. The molecule has 1 amide bonds. The summed E-state index contributed by atoms with van der Waals surface area (Å²) in [6, 6.07) is 40.4. The zero-order chi connectivity index (χ0) is 25.0. The molecular weight excluding hydrogens is 442 g/mol. The van der Waals surface area contributed by atoms with E-state index in [1.165, 1.54) is 5.56 Å². The number of fused-ring (bicyclic) bond motifs is 1. The Balaban J connectivity index is 1.68. The molecule has 3 heteroatoms. The highest BCUT2D eigenvalue weighted by Crippen LogP contribution is 2.39. The lowest BCUT2D eigenvalue weighted by molar-refractivity contribution is -0.120. The lowest BCUT2D eigenvalue weighted by atomic mass is 9.69. The molecule has 3 nitrogen and oxygen atoms in total. The predicted octanol–water partition coefficient (Wildman–Crippen LogP) is 7.32. The Morgan fingerprint density at radius 2 is 1.25 bits per heavy atom. The Morgan fingerprint density at radius 3 is 1.83 bits per heavy atom. The van der Waals surface area contributed by atoms with Gasteiger partial charge >= 0.3 is 0 Å². The van der Waals surface area contributed by atoms with Crippen molar-refractivity contribution >= 4 is 22.4 Å². The highest BCUT2D eigenvalue weighted by atomic mass is 16.5. The summed E-state index contributed by atoms with van der Waals surface area (Å²) in [6.07, 6.45) is 0.529. The normalized spacial score (nSPS) is 11.3. The van der Waals surface area contributed by atoms with Crippen LogP contribution in [-0.4, -0.2) is 13.0 Å². The first kappa shape index (κ1) is 23.4. The molecule has 178 valence electrons. The molecule has 0 aliphatic rings. The van der Waals surface area contributed by atoms with Crippen molar-refractivity contribution in [3.63, 3.8) is 0 Å². The van der Waals surface area contributed by atoms with E-state index in [-0.39, 0.29) is 5.91 Å². The van der Waals surface area contributed by atoms with E-state index in [2.05, 4.69) is 36.5 Å². The van der Waals surface area contributed by atoms with Gasteiger partial charge in [0.15, 0.2) is 0 Å². The maximum absolute atomic E-state index is 14.6. The number of nitrogens with one attached hydrogen (secondary N) is 1. The summed E-state index contributed by atoms with van der Waals surface area (Å²) in [5.41, 5.74) is 4.02. The van der Waals surface area contributed by atoms with Crippen LogP contribution >= 0.6 is 0 Å².